The largest absolute Gasteiger partial charge is 0.442 e. The molecule has 0 aromatic heterocycles. The van der Waals surface area contributed by atoms with Crippen molar-refractivity contribution < 1.29 is 19.2 Å². The Balaban J connectivity index is 1.38. The summed E-state index contributed by atoms with van der Waals surface area (Å²) in [6.07, 6.45) is 0.712. The molecule has 0 radical (unpaired) electrons. The molecule has 0 aliphatic heterocycles. The Kier molecular flexibility index (Phi) is 11.5. The van der Waals surface area contributed by atoms with Crippen molar-refractivity contribution in [2.45, 2.75) is 49.7 Å². The lowest BCUT2D eigenvalue weighted by Gasteiger charge is -2.35. The number of nitrogens with one attached hydrogen (secondary N) is 2. The number of hydrogen-bond acceptors (Lipinski definition) is 6. The van der Waals surface area contributed by atoms with Gasteiger partial charge in [-0.15, -0.1) is 11.8 Å². The van der Waals surface area contributed by atoms with Gasteiger partial charge in [-0.3, -0.25) is 9.63 Å². The van der Waals surface area contributed by atoms with E-state index in [0.29, 0.717) is 43.0 Å². The van der Waals surface area contributed by atoms with Crippen LogP contribution in [0.2, 0.25) is 0 Å². The Labute approximate surface area is 264 Å². The topological polar surface area (TPSA) is 103 Å². The first kappa shape index (κ1) is 32.6. The highest BCUT2D eigenvalue weighted by atomic mass is 32.2. The van der Waals surface area contributed by atoms with Crippen molar-refractivity contribution >= 4 is 29.4 Å². The molecule has 0 unspecified atom stereocenters. The number of rotatable bonds is 13. The van der Waals surface area contributed by atoms with Crippen LogP contribution in [0.25, 0.3) is 0 Å². The molecule has 4 rings (SSSR count). The lowest BCUT2D eigenvalue weighted by atomic mass is 9.84. The molecule has 44 heavy (non-hydrogen) atoms. The van der Waals surface area contributed by atoms with Gasteiger partial charge in [0, 0.05) is 23.5 Å². The van der Waals surface area contributed by atoms with E-state index in [1.165, 1.54) is 16.7 Å². The molecular formula is C36H41N3O4S. The molecule has 0 aliphatic rings. The van der Waals surface area contributed by atoms with Gasteiger partial charge in [0.05, 0.1) is 11.4 Å². The monoisotopic (exact) mass is 611 g/mol. The molecule has 0 saturated heterocycles. The number of nitrogens with two attached hydrogens (primary N) is 1. The maximum absolute atomic E-state index is 12.8. The summed E-state index contributed by atoms with van der Waals surface area (Å²) in [5.74, 6) is 0.458. The molecular weight excluding hydrogens is 570 g/mol. The van der Waals surface area contributed by atoms with Crippen molar-refractivity contribution in [1.82, 2.24) is 10.8 Å². The highest BCUT2D eigenvalue weighted by Gasteiger charge is 2.37. The Bertz CT molecular complexity index is 1400. The number of carbonyl (C=O) groups excluding carboxylic acids is 2. The van der Waals surface area contributed by atoms with Gasteiger partial charge in [0.15, 0.2) is 0 Å². The lowest BCUT2D eigenvalue weighted by Crippen LogP contribution is -2.32. The lowest BCUT2D eigenvalue weighted by molar-refractivity contribution is -0.00846. The summed E-state index contributed by atoms with van der Waals surface area (Å²) in [6.45, 7) is 6.13. The number of thioether (sulfide) groups is 1. The summed E-state index contributed by atoms with van der Waals surface area (Å²) in [6, 6.07) is 37.1. The van der Waals surface area contributed by atoms with Crippen LogP contribution in [0.15, 0.2) is 109 Å². The second-order valence-electron chi connectivity index (χ2n) is 11.4. The highest BCUT2D eigenvalue weighted by molar-refractivity contribution is 7.99. The molecule has 0 fully saturated rings. The van der Waals surface area contributed by atoms with Crippen molar-refractivity contribution in [2.75, 3.05) is 18.9 Å². The summed E-state index contributed by atoms with van der Waals surface area (Å²) < 4.78 is 4.65. The average Bonchev–Trinajstić information content (AvgIpc) is 3.02. The fraction of sp³-hybridized carbons (Fsp3) is 0.278. The maximum Gasteiger partial charge on any atom is 0.431 e. The maximum atomic E-state index is 12.8. The smallest absolute Gasteiger partial charge is 0.431 e. The molecule has 0 heterocycles. The van der Waals surface area contributed by atoms with Gasteiger partial charge in [-0.1, -0.05) is 97.1 Å². The van der Waals surface area contributed by atoms with Gasteiger partial charge in [0.25, 0.3) is 5.91 Å². The number of hydroxylamine groups is 1. The summed E-state index contributed by atoms with van der Waals surface area (Å²) in [7, 11) is 0. The standard InChI is InChI=1S/C36H41N3O4S/c1-35(2,3)43-34(41)39-42-24-14-13-23-38-33(40)27-21-22-28(32(37)25-27)26-44-36(29-15-7-4-8-16-29,30-17-9-5-10-18-30)31-19-11-6-12-20-31/h4-12,15-22,25H,13-14,23-24,26,37H2,1-3H3,(H,38,40)(H,39,41). The zero-order valence-corrected chi connectivity index (χ0v) is 26.4. The fourth-order valence-electron chi connectivity index (χ4n) is 4.83. The number of carbonyl (C=O) groups is 2. The molecule has 230 valence electrons. The van der Waals surface area contributed by atoms with Gasteiger partial charge in [0.1, 0.15) is 5.60 Å². The minimum Gasteiger partial charge on any atom is -0.442 e. The first-order valence-corrected chi connectivity index (χ1v) is 15.8. The molecule has 0 bridgehead atoms. The molecule has 2 amide bonds. The van der Waals surface area contributed by atoms with Crippen molar-refractivity contribution in [1.29, 1.82) is 0 Å². The molecule has 4 N–H and O–H groups in total. The summed E-state index contributed by atoms with van der Waals surface area (Å²) in [5.41, 5.74) is 13.8. The molecule has 4 aromatic carbocycles. The molecule has 0 aliphatic carbocycles. The Morgan fingerprint density at radius 1 is 0.773 bits per heavy atom. The van der Waals surface area contributed by atoms with E-state index >= 15 is 0 Å². The van der Waals surface area contributed by atoms with E-state index in [1.807, 2.05) is 42.1 Å². The van der Waals surface area contributed by atoms with E-state index in [0.717, 1.165) is 5.56 Å². The minimum absolute atomic E-state index is 0.184. The Morgan fingerprint density at radius 3 is 1.82 bits per heavy atom. The first-order chi connectivity index (χ1) is 21.2. The van der Waals surface area contributed by atoms with E-state index in [2.05, 4.69) is 83.6 Å². The van der Waals surface area contributed by atoms with E-state index in [-0.39, 0.29) is 5.91 Å². The van der Waals surface area contributed by atoms with Crippen LogP contribution < -0.4 is 16.5 Å². The Hall–Kier alpha value is -4.27. The SMILES string of the molecule is CC(C)(C)OC(=O)NOCCCCNC(=O)c1ccc(CSC(c2ccccc2)(c2ccccc2)c2ccccc2)c(N)c1. The van der Waals surface area contributed by atoms with E-state index < -0.39 is 16.4 Å². The van der Waals surface area contributed by atoms with Gasteiger partial charge in [-0.2, -0.15) is 5.48 Å². The number of anilines is 1. The van der Waals surface area contributed by atoms with Crippen molar-refractivity contribution in [3.05, 3.63) is 137 Å². The van der Waals surface area contributed by atoms with Crippen LogP contribution in [0.3, 0.4) is 0 Å². The quantitative estimate of drug-likeness (QED) is 0.0628. The zero-order chi connectivity index (χ0) is 31.4. The van der Waals surface area contributed by atoms with E-state index in [1.54, 1.807) is 26.8 Å². The molecule has 0 saturated carbocycles. The number of benzene rings is 4. The predicted octanol–water partition coefficient (Wildman–Crippen LogP) is 7.46. The van der Waals surface area contributed by atoms with Crippen LogP contribution in [0.4, 0.5) is 10.5 Å². The van der Waals surface area contributed by atoms with Crippen LogP contribution in [0.5, 0.6) is 0 Å². The van der Waals surface area contributed by atoms with E-state index in [9.17, 15) is 9.59 Å². The van der Waals surface area contributed by atoms with Crippen LogP contribution in [-0.2, 0) is 20.1 Å². The van der Waals surface area contributed by atoms with Gasteiger partial charge in [-0.05, 0) is 68.0 Å². The molecule has 0 atom stereocenters. The van der Waals surface area contributed by atoms with Crippen molar-refractivity contribution in [2.24, 2.45) is 0 Å². The van der Waals surface area contributed by atoms with Gasteiger partial charge in [0.2, 0.25) is 0 Å². The number of unbranched alkanes of at least 4 members (excludes halogenated alkanes) is 1. The van der Waals surface area contributed by atoms with Gasteiger partial charge >= 0.3 is 6.09 Å². The third-order valence-corrected chi connectivity index (χ3v) is 8.50. The number of nitrogen functional groups attached to an aromatic ring is 1. The van der Waals surface area contributed by atoms with Crippen LogP contribution in [0, 0.1) is 0 Å². The number of amides is 2. The molecule has 7 nitrogen and oxygen atoms in total. The predicted molar refractivity (Wildman–Crippen MR) is 178 cm³/mol. The number of ether oxygens (including phenoxy) is 1. The second-order valence-corrected chi connectivity index (χ2v) is 12.6. The third kappa shape index (κ3) is 8.88. The summed E-state index contributed by atoms with van der Waals surface area (Å²) in [4.78, 5) is 29.6. The van der Waals surface area contributed by atoms with Crippen molar-refractivity contribution in [3.63, 3.8) is 0 Å². The van der Waals surface area contributed by atoms with Gasteiger partial charge < -0.3 is 15.8 Å². The van der Waals surface area contributed by atoms with Crippen molar-refractivity contribution in [3.8, 4) is 0 Å². The first-order valence-electron chi connectivity index (χ1n) is 14.8. The second kappa shape index (κ2) is 15.5. The molecule has 0 spiro atoms. The highest BCUT2D eigenvalue weighted by Crippen LogP contribution is 2.49. The summed E-state index contributed by atoms with van der Waals surface area (Å²) in [5, 5.41) is 2.93. The summed E-state index contributed by atoms with van der Waals surface area (Å²) >= 11 is 1.81. The molecule has 8 heteroatoms. The van der Waals surface area contributed by atoms with Crippen LogP contribution in [-0.4, -0.2) is 30.8 Å². The van der Waals surface area contributed by atoms with Crippen LogP contribution in [0.1, 0.15) is 66.2 Å². The number of hydrogen-bond donors (Lipinski definition) is 3. The van der Waals surface area contributed by atoms with Crippen LogP contribution >= 0.6 is 11.8 Å². The minimum atomic E-state index is -0.629. The average molecular weight is 612 g/mol. The van der Waals surface area contributed by atoms with Gasteiger partial charge in [-0.25, -0.2) is 4.79 Å². The zero-order valence-electron chi connectivity index (χ0n) is 25.5. The normalized spacial score (nSPS) is 11.5. The molecule has 4 aromatic rings. The third-order valence-electron chi connectivity index (χ3n) is 6.91. The van der Waals surface area contributed by atoms with E-state index in [4.69, 9.17) is 15.3 Å². The Morgan fingerprint density at radius 2 is 1.32 bits per heavy atom. The fourth-order valence-corrected chi connectivity index (χ4v) is 6.38.